The van der Waals surface area contributed by atoms with E-state index < -0.39 is 5.54 Å². The third kappa shape index (κ3) is 3.10. The molecule has 0 radical (unpaired) electrons. The third-order valence-electron chi connectivity index (χ3n) is 4.63. The maximum Gasteiger partial charge on any atom is 0.248 e. The fourth-order valence-corrected chi connectivity index (χ4v) is 2.11. The maximum atomic E-state index is 12.6. The van der Waals surface area contributed by atoms with Crippen LogP contribution in [0.4, 0.5) is 0 Å². The minimum absolute atomic E-state index is 0.0400. The van der Waals surface area contributed by atoms with E-state index >= 15 is 0 Å². The minimum Gasteiger partial charge on any atom is -0.340 e. The van der Waals surface area contributed by atoms with E-state index in [0.29, 0.717) is 18.9 Å². The molecular formula is C15H28N2O2. The van der Waals surface area contributed by atoms with Gasteiger partial charge >= 0.3 is 0 Å². The SMILES string of the molecule is CCC1(C)NC(=O)C(C)N(CC(C)C(C)(C)C)C1=O. The van der Waals surface area contributed by atoms with Crippen LogP contribution in [0.15, 0.2) is 0 Å². The first-order valence-corrected chi connectivity index (χ1v) is 7.16. The number of hydrogen-bond donors (Lipinski definition) is 1. The molecule has 0 saturated carbocycles. The van der Waals surface area contributed by atoms with Crippen LogP contribution in [0, 0.1) is 11.3 Å². The van der Waals surface area contributed by atoms with Gasteiger partial charge in [0.05, 0.1) is 0 Å². The van der Waals surface area contributed by atoms with Crippen LogP contribution in [0.3, 0.4) is 0 Å². The standard InChI is InChI=1S/C15H28N2O2/c1-8-15(7)13(19)17(11(3)12(18)16-15)9-10(2)14(4,5)6/h10-11H,8-9H2,1-7H3,(H,16,18). The molecule has 4 heteroatoms. The predicted octanol–water partition coefficient (Wildman–Crippen LogP) is 2.18. The number of rotatable bonds is 3. The zero-order chi connectivity index (χ0) is 15.0. The molecule has 19 heavy (non-hydrogen) atoms. The van der Waals surface area contributed by atoms with Gasteiger partial charge in [-0.3, -0.25) is 9.59 Å². The summed E-state index contributed by atoms with van der Waals surface area (Å²) in [5.74, 6) is 0.328. The molecule has 1 rings (SSSR count). The first-order chi connectivity index (χ1) is 8.53. The van der Waals surface area contributed by atoms with Crippen molar-refractivity contribution in [3.8, 4) is 0 Å². The second kappa shape index (κ2) is 5.14. The van der Waals surface area contributed by atoms with Crippen molar-refractivity contribution in [2.45, 2.75) is 66.5 Å². The zero-order valence-corrected chi connectivity index (χ0v) is 13.3. The van der Waals surface area contributed by atoms with E-state index in [9.17, 15) is 9.59 Å². The van der Waals surface area contributed by atoms with E-state index in [1.807, 2.05) is 13.8 Å². The summed E-state index contributed by atoms with van der Waals surface area (Å²) in [5, 5.41) is 2.85. The Labute approximate surface area is 116 Å². The monoisotopic (exact) mass is 268 g/mol. The first kappa shape index (κ1) is 16.0. The molecule has 0 spiro atoms. The van der Waals surface area contributed by atoms with Gasteiger partial charge in [-0.25, -0.2) is 0 Å². The average Bonchev–Trinajstić information content (AvgIpc) is 2.30. The van der Waals surface area contributed by atoms with Crippen LogP contribution in [-0.2, 0) is 9.59 Å². The summed E-state index contributed by atoms with van der Waals surface area (Å²) in [6, 6.07) is -0.378. The molecule has 0 aromatic carbocycles. The number of hydrogen-bond acceptors (Lipinski definition) is 2. The highest BCUT2D eigenvalue weighted by Crippen LogP contribution is 2.29. The average molecular weight is 268 g/mol. The van der Waals surface area contributed by atoms with Crippen molar-refractivity contribution in [1.29, 1.82) is 0 Å². The first-order valence-electron chi connectivity index (χ1n) is 7.16. The number of carbonyl (C=O) groups is 2. The number of nitrogens with one attached hydrogen (secondary N) is 1. The Kier molecular flexibility index (Phi) is 4.33. The largest absolute Gasteiger partial charge is 0.340 e. The molecule has 2 amide bonds. The van der Waals surface area contributed by atoms with E-state index in [1.54, 1.807) is 11.8 Å². The molecule has 1 N–H and O–H groups in total. The fourth-order valence-electron chi connectivity index (χ4n) is 2.11. The quantitative estimate of drug-likeness (QED) is 0.853. The lowest BCUT2D eigenvalue weighted by Crippen LogP contribution is -2.69. The number of carbonyl (C=O) groups excluding carboxylic acids is 2. The van der Waals surface area contributed by atoms with Gasteiger partial charge in [0, 0.05) is 6.54 Å². The van der Waals surface area contributed by atoms with E-state index in [0.717, 1.165) is 0 Å². The molecule has 0 bridgehead atoms. The molecule has 1 fully saturated rings. The minimum atomic E-state index is -0.749. The van der Waals surface area contributed by atoms with Gasteiger partial charge in [-0.2, -0.15) is 0 Å². The molecule has 3 unspecified atom stereocenters. The van der Waals surface area contributed by atoms with Crippen molar-refractivity contribution in [2.24, 2.45) is 11.3 Å². The van der Waals surface area contributed by atoms with E-state index in [-0.39, 0.29) is 23.3 Å². The maximum absolute atomic E-state index is 12.6. The van der Waals surface area contributed by atoms with Crippen LogP contribution in [-0.4, -0.2) is 34.8 Å². The predicted molar refractivity (Wildman–Crippen MR) is 76.6 cm³/mol. The molecular weight excluding hydrogens is 240 g/mol. The molecule has 1 aliphatic heterocycles. The highest BCUT2D eigenvalue weighted by Gasteiger charge is 2.46. The van der Waals surface area contributed by atoms with Crippen molar-refractivity contribution in [3.05, 3.63) is 0 Å². The molecule has 0 aromatic rings. The topological polar surface area (TPSA) is 49.4 Å². The van der Waals surface area contributed by atoms with Crippen LogP contribution in [0.25, 0.3) is 0 Å². The summed E-state index contributed by atoms with van der Waals surface area (Å²) < 4.78 is 0. The van der Waals surface area contributed by atoms with Gasteiger partial charge in [0.15, 0.2) is 0 Å². The van der Waals surface area contributed by atoms with Crippen molar-refractivity contribution in [1.82, 2.24) is 10.2 Å². The molecule has 4 nitrogen and oxygen atoms in total. The lowest BCUT2D eigenvalue weighted by Gasteiger charge is -2.45. The molecule has 1 heterocycles. The van der Waals surface area contributed by atoms with Gasteiger partial charge in [-0.05, 0) is 31.6 Å². The van der Waals surface area contributed by atoms with Crippen LogP contribution in [0.1, 0.15) is 54.9 Å². The second-order valence-electron chi connectivity index (χ2n) is 7.08. The van der Waals surface area contributed by atoms with Crippen LogP contribution < -0.4 is 5.32 Å². The smallest absolute Gasteiger partial charge is 0.248 e. The molecule has 0 aromatic heterocycles. The van der Waals surface area contributed by atoms with Gasteiger partial charge in [0.25, 0.3) is 0 Å². The molecule has 1 saturated heterocycles. The number of piperazine rings is 1. The number of nitrogens with zero attached hydrogens (tertiary/aromatic N) is 1. The Balaban J connectivity index is 2.96. The van der Waals surface area contributed by atoms with E-state index in [2.05, 4.69) is 33.0 Å². The Morgan fingerprint density at radius 3 is 2.32 bits per heavy atom. The molecule has 3 atom stereocenters. The molecule has 110 valence electrons. The van der Waals surface area contributed by atoms with Crippen molar-refractivity contribution >= 4 is 11.8 Å². The normalized spacial score (nSPS) is 30.3. The summed E-state index contributed by atoms with van der Waals surface area (Å²) in [7, 11) is 0. The summed E-state index contributed by atoms with van der Waals surface area (Å²) in [6.45, 7) is 14.8. The highest BCUT2D eigenvalue weighted by atomic mass is 16.2. The summed E-state index contributed by atoms with van der Waals surface area (Å²) in [6.07, 6.45) is 0.616. The van der Waals surface area contributed by atoms with Crippen LogP contribution in [0.2, 0.25) is 0 Å². The van der Waals surface area contributed by atoms with Crippen LogP contribution >= 0.6 is 0 Å². The Morgan fingerprint density at radius 1 is 1.37 bits per heavy atom. The summed E-state index contributed by atoms with van der Waals surface area (Å²) in [4.78, 5) is 26.4. The zero-order valence-electron chi connectivity index (χ0n) is 13.3. The van der Waals surface area contributed by atoms with Gasteiger partial charge in [0.2, 0.25) is 11.8 Å². The fraction of sp³-hybridized carbons (Fsp3) is 0.867. The number of amides is 2. The van der Waals surface area contributed by atoms with Gasteiger partial charge in [-0.15, -0.1) is 0 Å². The van der Waals surface area contributed by atoms with Gasteiger partial charge in [0.1, 0.15) is 11.6 Å². The van der Waals surface area contributed by atoms with E-state index in [4.69, 9.17) is 0 Å². The molecule has 1 aliphatic rings. The summed E-state index contributed by atoms with van der Waals surface area (Å²) >= 11 is 0. The Bertz CT molecular complexity index is 373. The summed E-state index contributed by atoms with van der Waals surface area (Å²) in [5.41, 5.74) is -0.627. The van der Waals surface area contributed by atoms with Crippen molar-refractivity contribution < 1.29 is 9.59 Å². The lowest BCUT2D eigenvalue weighted by atomic mass is 9.81. The van der Waals surface area contributed by atoms with Gasteiger partial charge in [-0.1, -0.05) is 34.6 Å². The Morgan fingerprint density at radius 2 is 1.89 bits per heavy atom. The van der Waals surface area contributed by atoms with Gasteiger partial charge < -0.3 is 10.2 Å². The lowest BCUT2D eigenvalue weighted by molar-refractivity contribution is -0.155. The van der Waals surface area contributed by atoms with E-state index in [1.165, 1.54) is 0 Å². The van der Waals surface area contributed by atoms with Crippen molar-refractivity contribution in [2.75, 3.05) is 6.54 Å². The Hall–Kier alpha value is -1.06. The highest BCUT2D eigenvalue weighted by molar-refractivity contribution is 5.99. The third-order valence-corrected chi connectivity index (χ3v) is 4.63. The van der Waals surface area contributed by atoms with Crippen LogP contribution in [0.5, 0.6) is 0 Å². The molecule has 0 aliphatic carbocycles. The van der Waals surface area contributed by atoms with Crippen molar-refractivity contribution in [3.63, 3.8) is 0 Å². The second-order valence-corrected chi connectivity index (χ2v) is 7.08.